The number of para-hydroxylation sites is 4. The molecule has 0 amide bonds. The van der Waals surface area contributed by atoms with E-state index >= 15 is 0 Å². The first kappa shape index (κ1) is 24.5. The number of aromatic nitrogens is 1. The molecule has 9 aromatic rings. The molecular formula is C49H34N2. The average molecular weight is 656 g/mol. The summed E-state index contributed by atoms with van der Waals surface area (Å²) in [6, 6.07) is 59.4. The van der Waals surface area contributed by atoms with Crippen LogP contribution in [-0.4, -0.2) is 4.57 Å². The minimum Gasteiger partial charge on any atom is -0.308 e. The zero-order valence-electron chi connectivity index (χ0n) is 32.6. The lowest BCUT2D eigenvalue weighted by molar-refractivity contribution is 0.768. The van der Waals surface area contributed by atoms with E-state index in [1.807, 2.05) is 65.2 Å². The summed E-state index contributed by atoms with van der Waals surface area (Å²) in [5.41, 5.74) is 11.0. The van der Waals surface area contributed by atoms with Gasteiger partial charge < -0.3 is 9.47 Å². The van der Waals surface area contributed by atoms with Crippen molar-refractivity contribution < 1.29 is 6.85 Å². The number of benzene rings is 8. The van der Waals surface area contributed by atoms with Crippen molar-refractivity contribution in [3.05, 3.63) is 228 Å². The van der Waals surface area contributed by atoms with Crippen LogP contribution in [0.15, 0.2) is 206 Å². The zero-order chi connectivity index (χ0) is 38.1. The zero-order valence-corrected chi connectivity index (χ0v) is 27.6. The van der Waals surface area contributed by atoms with Gasteiger partial charge in [0.2, 0.25) is 0 Å². The molecule has 0 saturated heterocycles. The third-order valence-electron chi connectivity index (χ3n) is 10.4. The molecular weight excluding hydrogens is 617 g/mol. The lowest BCUT2D eigenvalue weighted by Crippen LogP contribution is -2.28. The van der Waals surface area contributed by atoms with Crippen molar-refractivity contribution in [1.82, 2.24) is 4.57 Å². The molecule has 10 rings (SSSR count). The summed E-state index contributed by atoms with van der Waals surface area (Å²) in [7, 11) is 0. The van der Waals surface area contributed by atoms with Crippen LogP contribution in [0.5, 0.6) is 0 Å². The second-order valence-corrected chi connectivity index (χ2v) is 12.9. The Balaban J connectivity index is 1.24. The van der Waals surface area contributed by atoms with Crippen LogP contribution in [0.25, 0.3) is 38.6 Å². The Kier molecular flexibility index (Phi) is 5.64. The van der Waals surface area contributed by atoms with Crippen LogP contribution >= 0.6 is 0 Å². The maximum atomic E-state index is 9.06. The number of fused-ring (bicyclic) bond motifs is 6. The SMILES string of the molecule is [2H]c1c([2H])c([2H])c(-n2c3ccccc3c3cccc(N(c4ccccc4)c4ccc(C5(c6ccccc6)c6ccccc6-c6ccccc65)cc4)c32)c([2H])c1[2H]. The van der Waals surface area contributed by atoms with Crippen molar-refractivity contribution in [3.8, 4) is 16.8 Å². The van der Waals surface area contributed by atoms with E-state index in [-0.39, 0.29) is 29.9 Å². The minimum absolute atomic E-state index is 0.112. The van der Waals surface area contributed by atoms with E-state index in [4.69, 9.17) is 6.85 Å². The summed E-state index contributed by atoms with van der Waals surface area (Å²) in [6.07, 6.45) is 0. The van der Waals surface area contributed by atoms with Gasteiger partial charge in [-0.1, -0.05) is 158 Å². The Morgan fingerprint density at radius 3 is 1.71 bits per heavy atom. The van der Waals surface area contributed by atoms with Gasteiger partial charge in [-0.25, -0.2) is 0 Å². The van der Waals surface area contributed by atoms with Gasteiger partial charge in [0.15, 0.2) is 0 Å². The van der Waals surface area contributed by atoms with E-state index in [9.17, 15) is 0 Å². The van der Waals surface area contributed by atoms with E-state index in [2.05, 4.69) is 120 Å². The largest absolute Gasteiger partial charge is 0.308 e. The van der Waals surface area contributed by atoms with Crippen LogP contribution in [0.4, 0.5) is 17.1 Å². The highest BCUT2D eigenvalue weighted by atomic mass is 15.2. The Hall–Kier alpha value is -6.64. The summed E-state index contributed by atoms with van der Waals surface area (Å²) >= 11 is 0. The van der Waals surface area contributed by atoms with Crippen molar-refractivity contribution >= 4 is 38.9 Å². The van der Waals surface area contributed by atoms with E-state index in [0.29, 0.717) is 0 Å². The standard InChI is InChI=1S/C49H34N2/c1-4-17-35(18-5-1)49(44-27-13-10-23-40(44)41-24-11-14-28-45(41)49)36-31-33-39(34-32-36)50(37-19-6-2-7-20-37)47-30-16-26-43-42-25-12-15-29-46(42)51(48(43)47)38-21-8-3-9-22-38/h1-34H/i3D,8D,9D,21D,22D. The molecule has 0 bridgehead atoms. The number of anilines is 3. The van der Waals surface area contributed by atoms with E-state index < -0.39 is 11.5 Å². The van der Waals surface area contributed by atoms with Crippen molar-refractivity contribution in [2.45, 2.75) is 5.41 Å². The third-order valence-corrected chi connectivity index (χ3v) is 10.4. The van der Waals surface area contributed by atoms with Crippen LogP contribution in [0.2, 0.25) is 0 Å². The van der Waals surface area contributed by atoms with Gasteiger partial charge in [-0.15, -0.1) is 0 Å². The van der Waals surface area contributed by atoms with Crippen LogP contribution in [-0.2, 0) is 5.41 Å². The van der Waals surface area contributed by atoms with E-state index in [0.717, 1.165) is 44.4 Å². The molecule has 0 N–H and O–H groups in total. The van der Waals surface area contributed by atoms with Gasteiger partial charge in [0.25, 0.3) is 0 Å². The fourth-order valence-electron chi connectivity index (χ4n) is 8.35. The lowest BCUT2D eigenvalue weighted by Gasteiger charge is -2.34. The molecule has 2 nitrogen and oxygen atoms in total. The summed E-state index contributed by atoms with van der Waals surface area (Å²) in [5, 5.41) is 1.83. The Labute approximate surface area is 305 Å². The highest BCUT2D eigenvalue weighted by Crippen LogP contribution is 2.56. The molecule has 8 aromatic carbocycles. The quantitative estimate of drug-likeness (QED) is 0.173. The first-order chi connectivity index (χ1) is 27.4. The molecule has 0 spiro atoms. The van der Waals surface area contributed by atoms with Gasteiger partial charge in [0, 0.05) is 27.8 Å². The van der Waals surface area contributed by atoms with Gasteiger partial charge in [0.05, 0.1) is 29.0 Å². The minimum atomic E-state index is -0.544. The van der Waals surface area contributed by atoms with Crippen molar-refractivity contribution in [3.63, 3.8) is 0 Å². The molecule has 51 heavy (non-hydrogen) atoms. The molecule has 1 aliphatic rings. The molecule has 2 heteroatoms. The summed E-state index contributed by atoms with van der Waals surface area (Å²) in [5.74, 6) is 0. The van der Waals surface area contributed by atoms with Crippen LogP contribution < -0.4 is 4.90 Å². The predicted octanol–water partition coefficient (Wildman–Crippen LogP) is 12.6. The van der Waals surface area contributed by atoms with Crippen molar-refractivity contribution in [1.29, 1.82) is 0 Å². The Bertz CT molecular complexity index is 2900. The topological polar surface area (TPSA) is 8.17 Å². The fourth-order valence-corrected chi connectivity index (χ4v) is 8.35. The molecule has 0 fully saturated rings. The monoisotopic (exact) mass is 655 g/mol. The van der Waals surface area contributed by atoms with Gasteiger partial charge in [0.1, 0.15) is 0 Å². The van der Waals surface area contributed by atoms with E-state index in [1.165, 1.54) is 27.8 Å². The number of hydrogen-bond donors (Lipinski definition) is 0. The predicted molar refractivity (Wildman–Crippen MR) is 213 cm³/mol. The molecule has 1 aliphatic carbocycles. The second-order valence-electron chi connectivity index (χ2n) is 12.9. The number of nitrogens with zero attached hydrogens (tertiary/aromatic N) is 2. The Morgan fingerprint density at radius 1 is 0.451 bits per heavy atom. The first-order valence-electron chi connectivity index (χ1n) is 19.7. The highest BCUT2D eigenvalue weighted by molar-refractivity contribution is 6.14. The molecule has 1 aromatic heterocycles. The van der Waals surface area contributed by atoms with Crippen molar-refractivity contribution in [2.75, 3.05) is 4.90 Å². The van der Waals surface area contributed by atoms with E-state index in [1.54, 1.807) is 0 Å². The van der Waals surface area contributed by atoms with Gasteiger partial charge in [-0.05, 0) is 81.9 Å². The fraction of sp³-hybridized carbons (Fsp3) is 0.0204. The second kappa shape index (κ2) is 11.8. The van der Waals surface area contributed by atoms with Crippen LogP contribution in [0, 0.1) is 0 Å². The maximum Gasteiger partial charge on any atom is 0.0782 e. The first-order valence-corrected chi connectivity index (χ1v) is 17.2. The van der Waals surface area contributed by atoms with Gasteiger partial charge in [-0.3, -0.25) is 0 Å². The van der Waals surface area contributed by atoms with Crippen LogP contribution in [0.3, 0.4) is 0 Å². The molecule has 0 radical (unpaired) electrons. The molecule has 1 heterocycles. The number of hydrogen-bond acceptors (Lipinski definition) is 1. The number of rotatable bonds is 6. The molecule has 0 unspecified atom stereocenters. The summed E-state index contributed by atoms with van der Waals surface area (Å²) < 4.78 is 45.5. The maximum absolute atomic E-state index is 9.06. The molecule has 240 valence electrons. The molecule has 0 saturated carbocycles. The average Bonchev–Trinajstić information content (AvgIpc) is 3.75. The highest BCUT2D eigenvalue weighted by Gasteiger charge is 2.45. The van der Waals surface area contributed by atoms with Gasteiger partial charge >= 0.3 is 0 Å². The normalized spacial score (nSPS) is 14.2. The third kappa shape index (κ3) is 4.36. The Morgan fingerprint density at radius 2 is 1.00 bits per heavy atom. The lowest BCUT2D eigenvalue weighted by atomic mass is 9.68. The van der Waals surface area contributed by atoms with Gasteiger partial charge in [-0.2, -0.15) is 0 Å². The summed E-state index contributed by atoms with van der Waals surface area (Å²) in [6.45, 7) is 0. The summed E-state index contributed by atoms with van der Waals surface area (Å²) in [4.78, 5) is 2.20. The molecule has 0 aliphatic heterocycles. The molecule has 0 atom stereocenters. The smallest absolute Gasteiger partial charge is 0.0782 e. The van der Waals surface area contributed by atoms with Crippen molar-refractivity contribution in [2.24, 2.45) is 0 Å². The van der Waals surface area contributed by atoms with Crippen LogP contribution in [0.1, 0.15) is 29.1 Å².